The number of nitro groups is 1. The van der Waals surface area contributed by atoms with Crippen molar-refractivity contribution in [1.29, 1.82) is 0 Å². The quantitative estimate of drug-likeness (QED) is 0.388. The molecule has 2 N–H and O–H groups in total. The van der Waals surface area contributed by atoms with Crippen LogP contribution in [0.2, 0.25) is 0 Å². The molecule has 0 fully saturated rings. The maximum Gasteiger partial charge on any atom is 0.417 e. The van der Waals surface area contributed by atoms with Crippen LogP contribution in [0.15, 0.2) is 22.6 Å². The number of aromatic hydroxyl groups is 2. The zero-order valence-corrected chi connectivity index (χ0v) is 14.3. The van der Waals surface area contributed by atoms with Gasteiger partial charge in [-0.15, -0.1) is 10.2 Å². The summed E-state index contributed by atoms with van der Waals surface area (Å²) in [7, 11) is 0. The second-order valence-electron chi connectivity index (χ2n) is 5.80. The maximum atomic E-state index is 13.4. The molecule has 0 aliphatic carbocycles. The number of rotatable bonds is 3. The van der Waals surface area contributed by atoms with Gasteiger partial charge in [-0.25, -0.2) is 0 Å². The Labute approximate surface area is 154 Å². The molecule has 0 spiro atoms. The van der Waals surface area contributed by atoms with E-state index in [-0.39, 0.29) is 22.8 Å². The van der Waals surface area contributed by atoms with Gasteiger partial charge in [-0.3, -0.25) is 15.1 Å². The highest BCUT2D eigenvalue weighted by Gasteiger charge is 2.37. The molecule has 28 heavy (non-hydrogen) atoms. The van der Waals surface area contributed by atoms with E-state index in [0.717, 1.165) is 18.2 Å². The van der Waals surface area contributed by atoms with Crippen LogP contribution in [-0.4, -0.2) is 30.3 Å². The molecule has 12 heteroatoms. The number of hydrogen-bond donors (Lipinski definition) is 2. The molecule has 2 aromatic heterocycles. The molecule has 1 aromatic carbocycles. The van der Waals surface area contributed by atoms with E-state index in [9.17, 15) is 33.5 Å². The van der Waals surface area contributed by atoms with Crippen LogP contribution >= 0.6 is 0 Å². The molecular weight excluding hydrogens is 385 g/mol. The topological polar surface area (TPSA) is 135 Å². The van der Waals surface area contributed by atoms with Gasteiger partial charge in [0, 0.05) is 17.3 Å². The van der Waals surface area contributed by atoms with Gasteiger partial charge in [-0.2, -0.15) is 13.2 Å². The minimum absolute atomic E-state index is 0.00191. The fraction of sp³-hybridized carbons (Fsp3) is 0.188. The lowest BCUT2D eigenvalue weighted by Gasteiger charge is -2.13. The largest absolute Gasteiger partial charge is 0.504 e. The van der Waals surface area contributed by atoms with Crippen LogP contribution in [0.25, 0.3) is 22.9 Å². The van der Waals surface area contributed by atoms with E-state index in [1.165, 1.54) is 13.8 Å². The second-order valence-corrected chi connectivity index (χ2v) is 5.80. The van der Waals surface area contributed by atoms with Gasteiger partial charge >= 0.3 is 11.9 Å². The van der Waals surface area contributed by atoms with E-state index in [4.69, 9.17) is 4.42 Å². The van der Waals surface area contributed by atoms with Gasteiger partial charge in [-0.05, 0) is 26.0 Å². The number of phenols is 2. The number of aromatic nitrogens is 3. The van der Waals surface area contributed by atoms with Crippen LogP contribution in [0.3, 0.4) is 0 Å². The summed E-state index contributed by atoms with van der Waals surface area (Å²) in [4.78, 5) is 14.0. The lowest BCUT2D eigenvalue weighted by atomic mass is 10.1. The number of benzene rings is 1. The van der Waals surface area contributed by atoms with Crippen molar-refractivity contribution in [2.45, 2.75) is 20.0 Å². The van der Waals surface area contributed by atoms with Gasteiger partial charge in [0.05, 0.1) is 21.7 Å². The highest BCUT2D eigenvalue weighted by molar-refractivity contribution is 5.69. The summed E-state index contributed by atoms with van der Waals surface area (Å²) in [6.45, 7) is 2.75. The van der Waals surface area contributed by atoms with Gasteiger partial charge in [-0.1, -0.05) is 0 Å². The van der Waals surface area contributed by atoms with Gasteiger partial charge in [0.25, 0.3) is 5.89 Å². The summed E-state index contributed by atoms with van der Waals surface area (Å²) in [6, 6.07) is 2.59. The SMILES string of the molecule is Cc1cc(C(F)(F)F)c(-c2nnc(-c3cc(O)c(O)c([N+](=O)[O-])c3)o2)c(C)n1. The van der Waals surface area contributed by atoms with Crippen LogP contribution in [0.5, 0.6) is 11.5 Å². The average molecular weight is 396 g/mol. The monoisotopic (exact) mass is 396 g/mol. The Morgan fingerprint density at radius 3 is 2.36 bits per heavy atom. The number of pyridine rings is 1. The predicted molar refractivity (Wildman–Crippen MR) is 87.4 cm³/mol. The molecule has 0 aliphatic rings. The van der Waals surface area contributed by atoms with Gasteiger partial charge < -0.3 is 14.6 Å². The number of hydrogen-bond acceptors (Lipinski definition) is 8. The van der Waals surface area contributed by atoms with Crippen molar-refractivity contribution in [3.63, 3.8) is 0 Å². The number of halogens is 3. The minimum atomic E-state index is -4.71. The highest BCUT2D eigenvalue weighted by atomic mass is 19.4. The van der Waals surface area contributed by atoms with E-state index >= 15 is 0 Å². The van der Waals surface area contributed by atoms with Crippen LogP contribution in [0, 0.1) is 24.0 Å². The minimum Gasteiger partial charge on any atom is -0.504 e. The van der Waals surface area contributed by atoms with Crippen molar-refractivity contribution in [2.24, 2.45) is 0 Å². The summed E-state index contributed by atoms with van der Waals surface area (Å²) < 4.78 is 45.5. The van der Waals surface area contributed by atoms with E-state index in [1.807, 2.05) is 0 Å². The van der Waals surface area contributed by atoms with Crippen molar-refractivity contribution < 1.29 is 32.7 Å². The third-order valence-corrected chi connectivity index (χ3v) is 3.79. The molecule has 2 heterocycles. The summed E-state index contributed by atoms with van der Waals surface area (Å²) in [6.07, 6.45) is -4.71. The molecule has 0 aliphatic heterocycles. The lowest BCUT2D eigenvalue weighted by molar-refractivity contribution is -0.385. The third-order valence-electron chi connectivity index (χ3n) is 3.79. The molecule has 0 atom stereocenters. The molecule has 146 valence electrons. The van der Waals surface area contributed by atoms with Gasteiger partial charge in [0.15, 0.2) is 5.75 Å². The Kier molecular flexibility index (Phi) is 4.41. The van der Waals surface area contributed by atoms with Gasteiger partial charge in [0.1, 0.15) is 0 Å². The zero-order valence-electron chi connectivity index (χ0n) is 14.3. The Balaban J connectivity index is 2.16. The number of phenolic OH excluding ortho intramolecular Hbond substituents is 2. The smallest absolute Gasteiger partial charge is 0.417 e. The van der Waals surface area contributed by atoms with Gasteiger partial charge in [0.2, 0.25) is 11.6 Å². The Bertz CT molecular complexity index is 1090. The first-order valence-corrected chi connectivity index (χ1v) is 7.59. The molecule has 3 rings (SSSR count). The standard InChI is InChI=1S/C16H11F3N4O5/c1-6-3-9(16(17,18)19)12(7(2)20-6)15-22-21-14(28-15)8-4-10(23(26)27)13(25)11(24)5-8/h3-5,24-25H,1-2H3. The summed E-state index contributed by atoms with van der Waals surface area (Å²) in [5.74, 6) is -2.68. The fourth-order valence-electron chi connectivity index (χ4n) is 2.63. The van der Waals surface area contributed by atoms with Crippen molar-refractivity contribution in [3.05, 3.63) is 45.3 Å². The second kappa shape index (κ2) is 6.48. The third kappa shape index (κ3) is 3.31. The Hall–Kier alpha value is -3.70. The predicted octanol–water partition coefficient (Wildman–Crippen LogP) is 3.75. The molecule has 0 bridgehead atoms. The summed E-state index contributed by atoms with van der Waals surface area (Å²) >= 11 is 0. The fourth-order valence-corrected chi connectivity index (χ4v) is 2.63. The molecule has 0 saturated carbocycles. The van der Waals surface area contributed by atoms with E-state index in [0.29, 0.717) is 0 Å². The molecule has 0 saturated heterocycles. The van der Waals surface area contributed by atoms with Crippen LogP contribution < -0.4 is 0 Å². The van der Waals surface area contributed by atoms with Crippen LogP contribution in [0.4, 0.5) is 18.9 Å². The van der Waals surface area contributed by atoms with Crippen molar-refractivity contribution in [1.82, 2.24) is 15.2 Å². The lowest BCUT2D eigenvalue weighted by Crippen LogP contribution is -2.10. The number of nitrogens with zero attached hydrogens (tertiary/aromatic N) is 4. The summed E-state index contributed by atoms with van der Waals surface area (Å²) in [5.41, 5.74) is -2.29. The first-order chi connectivity index (χ1) is 13.0. The highest BCUT2D eigenvalue weighted by Crippen LogP contribution is 2.41. The molecular formula is C16H11F3N4O5. The molecule has 0 amide bonds. The Morgan fingerprint density at radius 1 is 1.11 bits per heavy atom. The number of aryl methyl sites for hydroxylation is 2. The Morgan fingerprint density at radius 2 is 1.75 bits per heavy atom. The molecule has 0 unspecified atom stereocenters. The number of nitro benzene ring substituents is 1. The maximum absolute atomic E-state index is 13.4. The molecule has 0 radical (unpaired) electrons. The van der Waals surface area contributed by atoms with Crippen molar-refractivity contribution in [2.75, 3.05) is 0 Å². The number of alkyl halides is 3. The van der Waals surface area contributed by atoms with E-state index < -0.39 is 45.3 Å². The summed E-state index contributed by atoms with van der Waals surface area (Å²) in [5, 5.41) is 37.3. The van der Waals surface area contributed by atoms with Crippen molar-refractivity contribution in [3.8, 4) is 34.4 Å². The first-order valence-electron chi connectivity index (χ1n) is 7.59. The van der Waals surface area contributed by atoms with E-state index in [1.54, 1.807) is 0 Å². The first kappa shape index (κ1) is 19.1. The molecule has 9 nitrogen and oxygen atoms in total. The van der Waals surface area contributed by atoms with E-state index in [2.05, 4.69) is 15.2 Å². The van der Waals surface area contributed by atoms with Crippen LogP contribution in [-0.2, 0) is 6.18 Å². The van der Waals surface area contributed by atoms with Crippen LogP contribution in [0.1, 0.15) is 17.0 Å². The zero-order chi connectivity index (χ0) is 20.8. The van der Waals surface area contributed by atoms with Crippen molar-refractivity contribution >= 4 is 5.69 Å². The molecule has 3 aromatic rings. The average Bonchev–Trinajstić information content (AvgIpc) is 3.05. The normalized spacial score (nSPS) is 11.6.